The van der Waals surface area contributed by atoms with E-state index >= 15 is 0 Å². The number of amides is 1. The van der Waals surface area contributed by atoms with Gasteiger partial charge < -0.3 is 4.74 Å². The molecule has 0 spiro atoms. The number of rotatable bonds is 4. The topological polar surface area (TPSA) is 121 Å². The van der Waals surface area contributed by atoms with Crippen LogP contribution in [0.1, 0.15) is 16.8 Å². The van der Waals surface area contributed by atoms with E-state index in [9.17, 15) is 9.59 Å². The van der Waals surface area contributed by atoms with Crippen molar-refractivity contribution >= 4 is 17.8 Å². The first-order valence-corrected chi connectivity index (χ1v) is 5.87. The Bertz CT molecular complexity index is 566. The van der Waals surface area contributed by atoms with Gasteiger partial charge in [-0.15, -0.1) is 0 Å². The van der Waals surface area contributed by atoms with Crippen LogP contribution >= 0.6 is 0 Å². The number of ether oxygens (including phenoxy) is 1. The van der Waals surface area contributed by atoms with E-state index in [0.717, 1.165) is 0 Å². The number of hydrogen-bond acceptors (Lipinski definition) is 6. The highest BCUT2D eigenvalue weighted by atomic mass is 16.5. The van der Waals surface area contributed by atoms with Crippen LogP contribution in [-0.2, 0) is 9.53 Å². The molecule has 9 heteroatoms. The third kappa shape index (κ3) is 2.83. The molecular weight excluding hydrogens is 264 g/mol. The van der Waals surface area contributed by atoms with Crippen LogP contribution in [-0.4, -0.2) is 42.0 Å². The Hall–Kier alpha value is -2.67. The molecular formula is C11H12N6O3. The molecule has 1 aromatic heterocycles. The maximum Gasteiger partial charge on any atom is 0.341 e. The summed E-state index contributed by atoms with van der Waals surface area (Å²) >= 11 is 0. The molecule has 1 aliphatic heterocycles. The lowest BCUT2D eigenvalue weighted by Crippen LogP contribution is -2.27. The Morgan fingerprint density at radius 3 is 2.90 bits per heavy atom. The molecule has 0 N–H and O–H groups in total. The molecule has 1 unspecified atom stereocenters. The van der Waals surface area contributed by atoms with Gasteiger partial charge in [-0.2, -0.15) is 0 Å². The van der Waals surface area contributed by atoms with Crippen molar-refractivity contribution < 1.29 is 14.3 Å². The summed E-state index contributed by atoms with van der Waals surface area (Å²) in [5.41, 5.74) is 8.49. The maximum atomic E-state index is 11.8. The summed E-state index contributed by atoms with van der Waals surface area (Å²) in [5.74, 6) is -0.479. The number of carbonyl (C=O) groups is 2. The minimum atomic E-state index is -0.537. The smallest absolute Gasteiger partial charge is 0.341 e. The second-order valence-corrected chi connectivity index (χ2v) is 4.25. The summed E-state index contributed by atoms with van der Waals surface area (Å²) in [6, 6.07) is 0. The van der Waals surface area contributed by atoms with E-state index in [0.29, 0.717) is 13.0 Å². The number of carbonyl (C=O) groups excluding carboxylic acids is 2. The molecule has 0 saturated carbocycles. The fourth-order valence-electron chi connectivity index (χ4n) is 1.93. The van der Waals surface area contributed by atoms with E-state index in [1.807, 2.05) is 0 Å². The molecule has 1 atom stereocenters. The van der Waals surface area contributed by atoms with E-state index in [4.69, 9.17) is 5.53 Å². The standard InChI is InChI=1S/C11H12N6O3/c1-20-10(19)8-4-13-11(14-5-8)17-6-7(2-9(17)18)3-15-16-12/h4-5,7H,2-3,6H2,1H3. The van der Waals surface area contributed by atoms with Crippen LogP contribution in [0.4, 0.5) is 5.95 Å². The Morgan fingerprint density at radius 1 is 1.60 bits per heavy atom. The first kappa shape index (κ1) is 13.8. The van der Waals surface area contributed by atoms with Gasteiger partial charge in [-0.3, -0.25) is 9.69 Å². The van der Waals surface area contributed by atoms with Crippen LogP contribution in [0.3, 0.4) is 0 Å². The minimum absolute atomic E-state index is 0.0396. The van der Waals surface area contributed by atoms with Gasteiger partial charge in [0.2, 0.25) is 11.9 Å². The molecule has 20 heavy (non-hydrogen) atoms. The Labute approximate surface area is 114 Å². The number of hydrogen-bond donors (Lipinski definition) is 0. The lowest BCUT2D eigenvalue weighted by atomic mass is 10.1. The molecule has 0 aliphatic carbocycles. The SMILES string of the molecule is COC(=O)c1cnc(N2CC(CN=[N+]=[N-])CC2=O)nc1. The molecule has 1 saturated heterocycles. The summed E-state index contributed by atoms with van der Waals surface area (Å²) in [7, 11) is 1.26. The van der Waals surface area contributed by atoms with Crippen molar-refractivity contribution in [3.05, 3.63) is 28.4 Å². The Balaban J connectivity index is 2.10. The summed E-state index contributed by atoms with van der Waals surface area (Å²) in [5, 5.41) is 3.46. The number of nitrogens with zero attached hydrogens (tertiary/aromatic N) is 6. The van der Waals surface area contributed by atoms with Gasteiger partial charge in [0.05, 0.1) is 12.7 Å². The zero-order chi connectivity index (χ0) is 14.5. The highest BCUT2D eigenvalue weighted by Crippen LogP contribution is 2.22. The van der Waals surface area contributed by atoms with Gasteiger partial charge in [0.25, 0.3) is 0 Å². The Morgan fingerprint density at radius 2 is 2.30 bits per heavy atom. The molecule has 1 amide bonds. The van der Waals surface area contributed by atoms with Crippen LogP contribution in [0, 0.1) is 5.92 Å². The zero-order valence-corrected chi connectivity index (χ0v) is 10.8. The van der Waals surface area contributed by atoms with Gasteiger partial charge in [-0.05, 0) is 11.4 Å². The first-order chi connectivity index (χ1) is 9.65. The van der Waals surface area contributed by atoms with Crippen molar-refractivity contribution in [3.8, 4) is 0 Å². The first-order valence-electron chi connectivity index (χ1n) is 5.87. The van der Waals surface area contributed by atoms with Gasteiger partial charge in [0, 0.05) is 36.8 Å². The lowest BCUT2D eigenvalue weighted by Gasteiger charge is -2.13. The quantitative estimate of drug-likeness (QED) is 0.350. The van der Waals surface area contributed by atoms with Crippen LogP contribution < -0.4 is 4.90 Å². The van der Waals surface area contributed by atoms with Gasteiger partial charge >= 0.3 is 5.97 Å². The van der Waals surface area contributed by atoms with Gasteiger partial charge in [0.15, 0.2) is 0 Å². The van der Waals surface area contributed by atoms with Crippen LogP contribution in [0.2, 0.25) is 0 Å². The van der Waals surface area contributed by atoms with Gasteiger partial charge in [-0.25, -0.2) is 14.8 Å². The molecule has 2 heterocycles. The number of azide groups is 1. The van der Waals surface area contributed by atoms with Crippen LogP contribution in [0.25, 0.3) is 10.4 Å². The second kappa shape index (κ2) is 5.98. The normalized spacial score (nSPS) is 17.8. The number of esters is 1. The summed E-state index contributed by atoms with van der Waals surface area (Å²) in [4.78, 5) is 35.2. The third-order valence-corrected chi connectivity index (χ3v) is 2.91. The third-order valence-electron chi connectivity index (χ3n) is 2.91. The average Bonchev–Trinajstić information content (AvgIpc) is 2.85. The van der Waals surface area contributed by atoms with E-state index < -0.39 is 5.97 Å². The van der Waals surface area contributed by atoms with E-state index in [1.165, 1.54) is 24.4 Å². The van der Waals surface area contributed by atoms with Crippen LogP contribution in [0.5, 0.6) is 0 Å². The zero-order valence-electron chi connectivity index (χ0n) is 10.8. The highest BCUT2D eigenvalue weighted by molar-refractivity contribution is 5.94. The average molecular weight is 276 g/mol. The Kier molecular flexibility index (Phi) is 4.11. The summed E-state index contributed by atoms with van der Waals surface area (Å²) in [6.45, 7) is 0.661. The molecule has 1 aliphatic rings. The number of anilines is 1. The van der Waals surface area contributed by atoms with E-state index in [-0.39, 0.29) is 29.9 Å². The second-order valence-electron chi connectivity index (χ2n) is 4.25. The van der Waals surface area contributed by atoms with Crippen LogP contribution in [0.15, 0.2) is 17.5 Å². The predicted molar refractivity (Wildman–Crippen MR) is 67.8 cm³/mol. The predicted octanol–water partition coefficient (Wildman–Crippen LogP) is 0.926. The molecule has 0 bridgehead atoms. The molecule has 2 rings (SSSR count). The molecule has 0 aromatic carbocycles. The van der Waals surface area contributed by atoms with Crippen molar-refractivity contribution in [2.45, 2.75) is 6.42 Å². The molecule has 0 radical (unpaired) electrons. The number of methoxy groups -OCH3 is 1. The fraction of sp³-hybridized carbons (Fsp3) is 0.455. The van der Waals surface area contributed by atoms with Crippen molar-refractivity contribution in [1.29, 1.82) is 0 Å². The highest BCUT2D eigenvalue weighted by Gasteiger charge is 2.31. The van der Waals surface area contributed by atoms with E-state index in [2.05, 4.69) is 24.7 Å². The van der Waals surface area contributed by atoms with Crippen molar-refractivity contribution in [1.82, 2.24) is 9.97 Å². The molecule has 1 aromatic rings. The van der Waals surface area contributed by atoms with E-state index in [1.54, 1.807) is 0 Å². The monoisotopic (exact) mass is 276 g/mol. The molecule has 9 nitrogen and oxygen atoms in total. The summed E-state index contributed by atoms with van der Waals surface area (Å²) < 4.78 is 4.54. The maximum absolute atomic E-state index is 11.8. The minimum Gasteiger partial charge on any atom is -0.465 e. The number of aromatic nitrogens is 2. The summed E-state index contributed by atoms with van der Waals surface area (Å²) in [6.07, 6.45) is 2.91. The lowest BCUT2D eigenvalue weighted by molar-refractivity contribution is -0.117. The fourth-order valence-corrected chi connectivity index (χ4v) is 1.93. The molecule has 1 fully saturated rings. The van der Waals surface area contributed by atoms with Crippen molar-refractivity contribution in [2.24, 2.45) is 11.0 Å². The largest absolute Gasteiger partial charge is 0.465 e. The van der Waals surface area contributed by atoms with Gasteiger partial charge in [-0.1, -0.05) is 5.11 Å². The molecule has 104 valence electrons. The van der Waals surface area contributed by atoms with Crippen molar-refractivity contribution in [3.63, 3.8) is 0 Å². The van der Waals surface area contributed by atoms with Crippen molar-refractivity contribution in [2.75, 3.05) is 25.1 Å². The van der Waals surface area contributed by atoms with Gasteiger partial charge in [0.1, 0.15) is 0 Å².